The number of nitrogens with zero attached hydrogens (tertiary/aromatic N) is 2. The molecule has 4 nitrogen and oxygen atoms in total. The lowest BCUT2D eigenvalue weighted by Crippen LogP contribution is -2.32. The van der Waals surface area contributed by atoms with Crippen LogP contribution in [-0.4, -0.2) is 22.4 Å². The van der Waals surface area contributed by atoms with Crippen molar-refractivity contribution in [3.05, 3.63) is 48.3 Å². The van der Waals surface area contributed by atoms with Gasteiger partial charge in [-0.2, -0.15) is 5.10 Å². The minimum absolute atomic E-state index is 0.296. The van der Waals surface area contributed by atoms with Crippen LogP contribution in [0.3, 0.4) is 0 Å². The van der Waals surface area contributed by atoms with E-state index in [4.69, 9.17) is 4.74 Å². The molecular formula is C18H27N3O. The highest BCUT2D eigenvalue weighted by Crippen LogP contribution is 2.18. The Bertz CT molecular complexity index is 534. The van der Waals surface area contributed by atoms with Gasteiger partial charge in [0.05, 0.1) is 13.2 Å². The second-order valence-corrected chi connectivity index (χ2v) is 6.29. The van der Waals surface area contributed by atoms with Crippen molar-refractivity contribution in [3.63, 3.8) is 0 Å². The second kappa shape index (κ2) is 7.99. The van der Waals surface area contributed by atoms with E-state index < -0.39 is 0 Å². The third kappa shape index (κ3) is 5.19. The van der Waals surface area contributed by atoms with Gasteiger partial charge in [-0.15, -0.1) is 0 Å². The predicted octanol–water partition coefficient (Wildman–Crippen LogP) is 3.66. The van der Waals surface area contributed by atoms with Crippen molar-refractivity contribution in [2.75, 3.05) is 6.61 Å². The molecule has 0 aliphatic carbocycles. The molecule has 2 aromatic rings. The quantitative estimate of drug-likeness (QED) is 0.809. The molecule has 1 N–H and O–H groups in total. The molecule has 0 radical (unpaired) electrons. The molecule has 120 valence electrons. The lowest BCUT2D eigenvalue weighted by Gasteiger charge is -2.20. The molecule has 4 heteroatoms. The van der Waals surface area contributed by atoms with Crippen molar-refractivity contribution in [2.24, 2.45) is 5.92 Å². The van der Waals surface area contributed by atoms with Crippen molar-refractivity contribution in [1.29, 1.82) is 0 Å². The van der Waals surface area contributed by atoms with Crippen LogP contribution in [0.1, 0.15) is 39.3 Å². The Labute approximate surface area is 133 Å². The molecule has 2 atom stereocenters. The van der Waals surface area contributed by atoms with Crippen molar-refractivity contribution in [1.82, 2.24) is 15.1 Å². The topological polar surface area (TPSA) is 39.1 Å². The van der Waals surface area contributed by atoms with Crippen LogP contribution >= 0.6 is 0 Å². The van der Waals surface area contributed by atoms with Gasteiger partial charge in [-0.25, -0.2) is 0 Å². The Morgan fingerprint density at radius 3 is 2.45 bits per heavy atom. The van der Waals surface area contributed by atoms with Crippen molar-refractivity contribution in [2.45, 2.75) is 46.3 Å². The van der Waals surface area contributed by atoms with Crippen LogP contribution < -0.4 is 10.1 Å². The van der Waals surface area contributed by atoms with Gasteiger partial charge in [0, 0.05) is 24.5 Å². The van der Waals surface area contributed by atoms with Gasteiger partial charge in [-0.1, -0.05) is 26.0 Å². The summed E-state index contributed by atoms with van der Waals surface area (Å²) < 4.78 is 7.67. The Hall–Kier alpha value is -1.81. The van der Waals surface area contributed by atoms with Crippen LogP contribution in [0.2, 0.25) is 0 Å². The molecule has 1 aromatic carbocycles. The predicted molar refractivity (Wildman–Crippen MR) is 90.0 cm³/mol. The Morgan fingerprint density at radius 1 is 1.14 bits per heavy atom. The van der Waals surface area contributed by atoms with Gasteiger partial charge in [-0.3, -0.25) is 4.68 Å². The SMILES string of the molecule is CC(C)COc1ccc(C(C)NC(C)Cn2cccn2)cc1. The number of hydrogen-bond donors (Lipinski definition) is 1. The molecule has 0 spiro atoms. The van der Waals surface area contributed by atoms with Crippen LogP contribution in [0.15, 0.2) is 42.7 Å². The zero-order valence-corrected chi connectivity index (χ0v) is 14.0. The summed E-state index contributed by atoms with van der Waals surface area (Å²) in [4.78, 5) is 0. The van der Waals surface area contributed by atoms with Crippen LogP contribution in [0, 0.1) is 5.92 Å². The van der Waals surface area contributed by atoms with Gasteiger partial charge >= 0.3 is 0 Å². The van der Waals surface area contributed by atoms with Crippen molar-refractivity contribution in [3.8, 4) is 5.75 Å². The number of rotatable bonds is 8. The molecule has 2 unspecified atom stereocenters. The number of hydrogen-bond acceptors (Lipinski definition) is 3. The van der Waals surface area contributed by atoms with E-state index in [2.05, 4.69) is 50.2 Å². The molecule has 1 aromatic heterocycles. The van der Waals surface area contributed by atoms with E-state index >= 15 is 0 Å². The van der Waals surface area contributed by atoms with Gasteiger partial charge in [0.1, 0.15) is 5.75 Å². The summed E-state index contributed by atoms with van der Waals surface area (Å²) in [7, 11) is 0. The molecule has 0 saturated heterocycles. The first-order valence-electron chi connectivity index (χ1n) is 8.01. The van der Waals surface area contributed by atoms with E-state index in [1.165, 1.54) is 5.56 Å². The highest BCUT2D eigenvalue weighted by atomic mass is 16.5. The van der Waals surface area contributed by atoms with E-state index in [1.54, 1.807) is 0 Å². The van der Waals surface area contributed by atoms with E-state index in [9.17, 15) is 0 Å². The fourth-order valence-electron chi connectivity index (χ4n) is 2.38. The van der Waals surface area contributed by atoms with Crippen LogP contribution in [0.5, 0.6) is 5.75 Å². The van der Waals surface area contributed by atoms with Gasteiger partial charge in [0.25, 0.3) is 0 Å². The number of nitrogens with one attached hydrogen (secondary N) is 1. The standard InChI is InChI=1S/C18H27N3O/c1-14(2)13-22-18-8-6-17(7-9-18)16(4)20-15(3)12-21-11-5-10-19-21/h5-11,14-16,20H,12-13H2,1-4H3. The first-order valence-corrected chi connectivity index (χ1v) is 8.01. The van der Waals surface area contributed by atoms with E-state index in [0.29, 0.717) is 18.0 Å². The normalized spacial score (nSPS) is 14.0. The van der Waals surface area contributed by atoms with Crippen molar-refractivity contribution < 1.29 is 4.74 Å². The summed E-state index contributed by atoms with van der Waals surface area (Å²) in [6, 6.07) is 11.0. The minimum Gasteiger partial charge on any atom is -0.493 e. The van der Waals surface area contributed by atoms with Gasteiger partial charge in [0.15, 0.2) is 0 Å². The number of ether oxygens (including phenoxy) is 1. The van der Waals surface area contributed by atoms with Gasteiger partial charge in [0.2, 0.25) is 0 Å². The minimum atomic E-state index is 0.296. The first kappa shape index (κ1) is 16.6. The zero-order valence-electron chi connectivity index (χ0n) is 14.0. The fourth-order valence-corrected chi connectivity index (χ4v) is 2.38. The summed E-state index contributed by atoms with van der Waals surface area (Å²) in [6.45, 7) is 10.3. The largest absolute Gasteiger partial charge is 0.493 e. The second-order valence-electron chi connectivity index (χ2n) is 6.29. The summed E-state index contributed by atoms with van der Waals surface area (Å²) in [6.07, 6.45) is 3.80. The average molecular weight is 301 g/mol. The zero-order chi connectivity index (χ0) is 15.9. The third-order valence-corrected chi connectivity index (χ3v) is 3.52. The maximum absolute atomic E-state index is 5.72. The van der Waals surface area contributed by atoms with Crippen LogP contribution in [0.25, 0.3) is 0 Å². The molecule has 0 amide bonds. The lowest BCUT2D eigenvalue weighted by molar-refractivity contribution is 0.271. The molecule has 0 bridgehead atoms. The maximum atomic E-state index is 5.72. The van der Waals surface area contributed by atoms with Crippen LogP contribution in [0.4, 0.5) is 0 Å². The smallest absolute Gasteiger partial charge is 0.119 e. The number of aromatic nitrogens is 2. The van der Waals surface area contributed by atoms with Gasteiger partial charge < -0.3 is 10.1 Å². The molecular weight excluding hydrogens is 274 g/mol. The summed E-state index contributed by atoms with van der Waals surface area (Å²) in [5.41, 5.74) is 1.27. The highest BCUT2D eigenvalue weighted by Gasteiger charge is 2.10. The van der Waals surface area contributed by atoms with E-state index in [-0.39, 0.29) is 0 Å². The first-order chi connectivity index (χ1) is 10.5. The Kier molecular flexibility index (Phi) is 6.01. The molecule has 0 aliphatic heterocycles. The summed E-state index contributed by atoms with van der Waals surface area (Å²) in [5.74, 6) is 1.48. The summed E-state index contributed by atoms with van der Waals surface area (Å²) >= 11 is 0. The Morgan fingerprint density at radius 2 is 1.86 bits per heavy atom. The fraction of sp³-hybridized carbons (Fsp3) is 0.500. The average Bonchev–Trinajstić information content (AvgIpc) is 2.98. The van der Waals surface area contributed by atoms with Crippen molar-refractivity contribution >= 4 is 0 Å². The monoisotopic (exact) mass is 301 g/mol. The molecule has 0 aliphatic rings. The van der Waals surface area contributed by atoms with E-state index in [0.717, 1.165) is 18.9 Å². The summed E-state index contributed by atoms with van der Waals surface area (Å²) in [5, 5.41) is 7.85. The van der Waals surface area contributed by atoms with Crippen LogP contribution in [-0.2, 0) is 6.54 Å². The number of benzene rings is 1. The third-order valence-electron chi connectivity index (χ3n) is 3.52. The molecule has 1 heterocycles. The maximum Gasteiger partial charge on any atom is 0.119 e. The highest BCUT2D eigenvalue weighted by molar-refractivity contribution is 5.29. The molecule has 0 saturated carbocycles. The Balaban J connectivity index is 1.85. The molecule has 0 fully saturated rings. The molecule has 2 rings (SSSR count). The van der Waals surface area contributed by atoms with E-state index in [1.807, 2.05) is 35.3 Å². The lowest BCUT2D eigenvalue weighted by atomic mass is 10.1. The molecule has 22 heavy (non-hydrogen) atoms. The van der Waals surface area contributed by atoms with Gasteiger partial charge in [-0.05, 0) is 43.5 Å².